The van der Waals surface area contributed by atoms with E-state index in [1.54, 1.807) is 12.1 Å². The zero-order valence-electron chi connectivity index (χ0n) is 10.7. The number of nitriles is 1. The highest BCUT2D eigenvalue weighted by atomic mass is 19.4. The van der Waals surface area contributed by atoms with Gasteiger partial charge in [0.15, 0.2) is 0 Å². The molecular weight excluding hydrogens is 285 g/mol. The molecule has 0 radical (unpaired) electrons. The van der Waals surface area contributed by atoms with Gasteiger partial charge in [-0.1, -0.05) is 0 Å². The van der Waals surface area contributed by atoms with Crippen molar-refractivity contribution in [3.63, 3.8) is 0 Å². The van der Waals surface area contributed by atoms with Crippen LogP contribution in [0.3, 0.4) is 0 Å². The number of hydrogen-bond acceptors (Lipinski definition) is 4. The van der Waals surface area contributed by atoms with Gasteiger partial charge < -0.3 is 14.8 Å². The molecule has 0 spiro atoms. The number of benzene rings is 1. The van der Waals surface area contributed by atoms with E-state index >= 15 is 0 Å². The summed E-state index contributed by atoms with van der Waals surface area (Å²) >= 11 is 0. The molecule has 2 rings (SSSR count). The molecule has 1 heterocycles. The van der Waals surface area contributed by atoms with Gasteiger partial charge >= 0.3 is 6.18 Å². The van der Waals surface area contributed by atoms with Crippen LogP contribution in [0.25, 0.3) is 0 Å². The molecule has 2 aromatic rings. The fourth-order valence-corrected chi connectivity index (χ4v) is 1.78. The third-order valence-electron chi connectivity index (χ3n) is 2.82. The molecule has 2 N–H and O–H groups in total. The van der Waals surface area contributed by atoms with Gasteiger partial charge in [0, 0.05) is 12.2 Å². The Morgan fingerprint density at radius 2 is 2.10 bits per heavy atom. The van der Waals surface area contributed by atoms with Gasteiger partial charge in [-0.15, -0.1) is 0 Å². The van der Waals surface area contributed by atoms with Gasteiger partial charge in [-0.3, -0.25) is 0 Å². The molecule has 1 unspecified atom stereocenters. The van der Waals surface area contributed by atoms with Crippen LogP contribution in [-0.4, -0.2) is 11.7 Å². The Kier molecular flexibility index (Phi) is 4.19. The number of alkyl halides is 3. The zero-order valence-corrected chi connectivity index (χ0v) is 10.7. The van der Waals surface area contributed by atoms with E-state index in [4.69, 9.17) is 9.68 Å². The molecular formula is C14H11F3N2O2. The van der Waals surface area contributed by atoms with Gasteiger partial charge in [-0.25, -0.2) is 0 Å². The van der Waals surface area contributed by atoms with Crippen LogP contribution in [0.5, 0.6) is 0 Å². The molecule has 7 heteroatoms. The maximum Gasteiger partial charge on any atom is 0.417 e. The number of halogens is 3. The summed E-state index contributed by atoms with van der Waals surface area (Å²) in [5, 5.41) is 21.1. The van der Waals surface area contributed by atoms with Crippen molar-refractivity contribution in [3.8, 4) is 6.07 Å². The van der Waals surface area contributed by atoms with Gasteiger partial charge in [0.2, 0.25) is 0 Å². The summed E-state index contributed by atoms with van der Waals surface area (Å²) in [6.45, 7) is -0.0172. The van der Waals surface area contributed by atoms with Crippen molar-refractivity contribution in [3.05, 3.63) is 53.5 Å². The lowest BCUT2D eigenvalue weighted by Gasteiger charge is -2.14. The largest absolute Gasteiger partial charge is 0.467 e. The van der Waals surface area contributed by atoms with E-state index in [0.717, 1.165) is 12.1 Å². The second-order valence-electron chi connectivity index (χ2n) is 4.28. The quantitative estimate of drug-likeness (QED) is 0.908. The number of aliphatic hydroxyl groups is 1. The summed E-state index contributed by atoms with van der Waals surface area (Å²) in [6, 6.07) is 7.94. The van der Waals surface area contributed by atoms with Crippen LogP contribution in [0, 0.1) is 11.3 Å². The molecule has 0 fully saturated rings. The van der Waals surface area contributed by atoms with Crippen LogP contribution >= 0.6 is 0 Å². The molecule has 0 aliphatic heterocycles. The monoisotopic (exact) mass is 296 g/mol. The molecule has 1 aromatic carbocycles. The first-order valence-electron chi connectivity index (χ1n) is 5.98. The van der Waals surface area contributed by atoms with Gasteiger partial charge in [0.1, 0.15) is 11.9 Å². The third-order valence-corrected chi connectivity index (χ3v) is 2.82. The average molecular weight is 296 g/mol. The van der Waals surface area contributed by atoms with Crippen molar-refractivity contribution < 1.29 is 22.7 Å². The molecule has 0 saturated heterocycles. The fourth-order valence-electron chi connectivity index (χ4n) is 1.78. The Labute approximate surface area is 118 Å². The normalized spacial score (nSPS) is 12.7. The highest BCUT2D eigenvalue weighted by Crippen LogP contribution is 2.33. The molecule has 21 heavy (non-hydrogen) atoms. The summed E-state index contributed by atoms with van der Waals surface area (Å²) in [4.78, 5) is 0. The molecule has 0 aliphatic rings. The van der Waals surface area contributed by atoms with E-state index in [1.165, 1.54) is 18.4 Å². The van der Waals surface area contributed by atoms with Crippen molar-refractivity contribution in [2.75, 3.05) is 11.9 Å². The van der Waals surface area contributed by atoms with Crippen LogP contribution in [-0.2, 0) is 6.18 Å². The number of aliphatic hydroxyl groups excluding tert-OH is 1. The van der Waals surface area contributed by atoms with E-state index in [-0.39, 0.29) is 12.2 Å². The molecule has 110 valence electrons. The minimum absolute atomic E-state index is 0.0172. The number of rotatable bonds is 4. The zero-order chi connectivity index (χ0) is 15.5. The maximum absolute atomic E-state index is 12.8. The Hall–Kier alpha value is -2.46. The first-order valence-corrected chi connectivity index (χ1v) is 5.98. The summed E-state index contributed by atoms with van der Waals surface area (Å²) in [5.41, 5.74) is -1.30. The average Bonchev–Trinajstić information content (AvgIpc) is 2.97. The van der Waals surface area contributed by atoms with Gasteiger partial charge in [-0.05, 0) is 30.3 Å². The lowest BCUT2D eigenvalue weighted by molar-refractivity contribution is -0.137. The second kappa shape index (κ2) is 5.89. The van der Waals surface area contributed by atoms with E-state index < -0.39 is 23.4 Å². The van der Waals surface area contributed by atoms with Crippen LogP contribution < -0.4 is 5.32 Å². The summed E-state index contributed by atoms with van der Waals surface area (Å²) in [7, 11) is 0. The summed E-state index contributed by atoms with van der Waals surface area (Å²) in [5.74, 6) is 0.312. The smallest absolute Gasteiger partial charge is 0.417 e. The molecule has 0 amide bonds. The summed E-state index contributed by atoms with van der Waals surface area (Å²) < 4.78 is 43.4. The van der Waals surface area contributed by atoms with Crippen molar-refractivity contribution in [2.45, 2.75) is 12.3 Å². The van der Waals surface area contributed by atoms with Crippen molar-refractivity contribution in [2.24, 2.45) is 0 Å². The fraction of sp³-hybridized carbons (Fsp3) is 0.214. The minimum Gasteiger partial charge on any atom is -0.467 e. The third kappa shape index (κ3) is 3.55. The van der Waals surface area contributed by atoms with E-state index in [9.17, 15) is 18.3 Å². The Morgan fingerprint density at radius 3 is 2.67 bits per heavy atom. The topological polar surface area (TPSA) is 69.2 Å². The van der Waals surface area contributed by atoms with Crippen LogP contribution in [0.15, 0.2) is 41.0 Å². The number of nitrogens with one attached hydrogen (secondary N) is 1. The Balaban J connectivity index is 2.13. The van der Waals surface area contributed by atoms with E-state index in [1.807, 2.05) is 0 Å². The van der Waals surface area contributed by atoms with Crippen molar-refractivity contribution in [1.29, 1.82) is 5.26 Å². The van der Waals surface area contributed by atoms with E-state index in [0.29, 0.717) is 5.76 Å². The molecule has 0 saturated carbocycles. The van der Waals surface area contributed by atoms with Gasteiger partial charge in [-0.2, -0.15) is 18.4 Å². The predicted octanol–water partition coefficient (Wildman–Crippen LogP) is 3.32. The first kappa shape index (κ1) is 14.9. The Morgan fingerprint density at radius 1 is 1.33 bits per heavy atom. The van der Waals surface area contributed by atoms with Crippen LogP contribution in [0.4, 0.5) is 18.9 Å². The molecule has 0 bridgehead atoms. The van der Waals surface area contributed by atoms with Gasteiger partial charge in [0.25, 0.3) is 0 Å². The highest BCUT2D eigenvalue weighted by molar-refractivity contribution is 5.53. The lowest BCUT2D eigenvalue weighted by Crippen LogP contribution is -2.13. The first-order chi connectivity index (χ1) is 9.91. The summed E-state index contributed by atoms with van der Waals surface area (Å²) in [6.07, 6.45) is -4.20. The predicted molar refractivity (Wildman–Crippen MR) is 68.3 cm³/mol. The Bertz CT molecular complexity index is 645. The number of furan rings is 1. The minimum atomic E-state index is -4.61. The standard InChI is InChI=1S/C14H11F3N2O2/c15-14(16,17)11-6-10(4-3-9(11)7-18)19-8-12(20)13-2-1-5-21-13/h1-6,12,19-20H,8H2. The number of anilines is 1. The lowest BCUT2D eigenvalue weighted by atomic mass is 10.1. The molecule has 1 aromatic heterocycles. The molecule has 1 atom stereocenters. The van der Waals surface area contributed by atoms with Crippen molar-refractivity contribution >= 4 is 5.69 Å². The number of hydrogen-bond donors (Lipinski definition) is 2. The van der Waals surface area contributed by atoms with Gasteiger partial charge in [0.05, 0.1) is 23.5 Å². The molecule has 4 nitrogen and oxygen atoms in total. The van der Waals surface area contributed by atoms with E-state index in [2.05, 4.69) is 5.32 Å². The van der Waals surface area contributed by atoms with Crippen LogP contribution in [0.1, 0.15) is 23.0 Å². The highest BCUT2D eigenvalue weighted by Gasteiger charge is 2.33. The van der Waals surface area contributed by atoms with Crippen molar-refractivity contribution in [1.82, 2.24) is 0 Å². The number of nitrogens with zero attached hydrogens (tertiary/aromatic N) is 1. The second-order valence-corrected chi connectivity index (χ2v) is 4.28. The van der Waals surface area contributed by atoms with Crippen LogP contribution in [0.2, 0.25) is 0 Å². The maximum atomic E-state index is 12.8. The SMILES string of the molecule is N#Cc1ccc(NCC(O)c2ccco2)cc1C(F)(F)F. The molecule has 0 aliphatic carbocycles.